The second-order valence-electron chi connectivity index (χ2n) is 4.98. The first-order valence-corrected chi connectivity index (χ1v) is 8.41. The number of rotatable bonds is 7. The molecule has 0 aromatic heterocycles. The van der Waals surface area contributed by atoms with E-state index >= 15 is 0 Å². The summed E-state index contributed by atoms with van der Waals surface area (Å²) in [6, 6.07) is 15.8. The molecule has 0 saturated carbocycles. The molecule has 0 aliphatic rings. The zero-order chi connectivity index (χ0) is 16.5. The van der Waals surface area contributed by atoms with Crippen LogP contribution < -0.4 is 15.2 Å². The molecule has 122 valence electrons. The van der Waals surface area contributed by atoms with Gasteiger partial charge in [0, 0.05) is 11.3 Å². The molecule has 2 aromatic carbocycles. The van der Waals surface area contributed by atoms with Crippen LogP contribution in [-0.2, 0) is 6.54 Å². The predicted octanol–water partition coefficient (Wildman–Crippen LogP) is 3.63. The van der Waals surface area contributed by atoms with Gasteiger partial charge in [0.15, 0.2) is 5.17 Å². The summed E-state index contributed by atoms with van der Waals surface area (Å²) in [5.74, 6) is 2.47. The maximum Gasteiger partial charge on any atom is 0.154 e. The Kier molecular flexibility index (Phi) is 6.81. The Labute approximate surface area is 141 Å². The minimum atomic E-state index is 0.515. The van der Waals surface area contributed by atoms with Gasteiger partial charge in [-0.1, -0.05) is 42.1 Å². The van der Waals surface area contributed by atoms with Crippen molar-refractivity contribution in [2.24, 2.45) is 10.7 Å². The molecule has 0 unspecified atom stereocenters. The van der Waals surface area contributed by atoms with Crippen molar-refractivity contribution < 1.29 is 9.47 Å². The Morgan fingerprint density at radius 2 is 2.00 bits per heavy atom. The van der Waals surface area contributed by atoms with Crippen molar-refractivity contribution in [1.82, 2.24) is 0 Å². The molecule has 0 fully saturated rings. The maximum atomic E-state index is 5.93. The summed E-state index contributed by atoms with van der Waals surface area (Å²) in [4.78, 5) is 4.38. The molecule has 2 rings (SSSR count). The van der Waals surface area contributed by atoms with Crippen LogP contribution in [0.15, 0.2) is 53.5 Å². The van der Waals surface area contributed by atoms with Gasteiger partial charge in [-0.25, -0.2) is 0 Å². The van der Waals surface area contributed by atoms with Gasteiger partial charge in [-0.3, -0.25) is 4.99 Å². The highest BCUT2D eigenvalue weighted by molar-refractivity contribution is 8.13. The van der Waals surface area contributed by atoms with E-state index in [1.54, 1.807) is 7.11 Å². The summed E-state index contributed by atoms with van der Waals surface area (Å²) in [6.07, 6.45) is 0. The highest BCUT2D eigenvalue weighted by Gasteiger charge is 2.01. The van der Waals surface area contributed by atoms with Crippen LogP contribution in [0.1, 0.15) is 11.1 Å². The van der Waals surface area contributed by atoms with Crippen LogP contribution >= 0.6 is 11.8 Å². The standard InChI is InChI=1S/C18H22N2O2S/c1-14-6-5-8-16(12-14)22-10-11-23-18(19)20-13-15-7-3-4-9-17(15)21-2/h3-9,12H,10-11,13H2,1-2H3,(H2,19,20). The molecule has 0 saturated heterocycles. The fourth-order valence-corrected chi connectivity index (χ4v) is 2.58. The molecule has 0 bridgehead atoms. The zero-order valence-electron chi connectivity index (χ0n) is 13.5. The van der Waals surface area contributed by atoms with Crippen LogP contribution in [0.2, 0.25) is 0 Å². The fraction of sp³-hybridized carbons (Fsp3) is 0.278. The average Bonchev–Trinajstić information content (AvgIpc) is 2.57. The summed E-state index contributed by atoms with van der Waals surface area (Å²) in [5, 5.41) is 0.559. The SMILES string of the molecule is COc1ccccc1CN=C(N)SCCOc1cccc(C)c1. The molecule has 5 heteroatoms. The minimum Gasteiger partial charge on any atom is -0.496 e. The van der Waals surface area contributed by atoms with E-state index < -0.39 is 0 Å². The van der Waals surface area contributed by atoms with Crippen molar-refractivity contribution >= 4 is 16.9 Å². The number of thioether (sulfide) groups is 1. The van der Waals surface area contributed by atoms with Crippen LogP contribution in [0.4, 0.5) is 0 Å². The van der Waals surface area contributed by atoms with E-state index in [0.29, 0.717) is 18.3 Å². The van der Waals surface area contributed by atoms with Gasteiger partial charge < -0.3 is 15.2 Å². The quantitative estimate of drug-likeness (QED) is 0.478. The van der Waals surface area contributed by atoms with Crippen molar-refractivity contribution in [3.63, 3.8) is 0 Å². The van der Waals surface area contributed by atoms with Gasteiger partial charge in [-0.05, 0) is 30.7 Å². The number of nitrogens with zero attached hydrogens (tertiary/aromatic N) is 1. The third kappa shape index (κ3) is 5.87. The van der Waals surface area contributed by atoms with Crippen LogP contribution in [0.25, 0.3) is 0 Å². The summed E-state index contributed by atoms with van der Waals surface area (Å²) >= 11 is 1.49. The number of hydrogen-bond donors (Lipinski definition) is 1. The van der Waals surface area contributed by atoms with Crippen LogP contribution in [-0.4, -0.2) is 24.6 Å². The minimum absolute atomic E-state index is 0.515. The van der Waals surface area contributed by atoms with E-state index in [-0.39, 0.29) is 0 Å². The molecule has 0 atom stereocenters. The molecule has 0 radical (unpaired) electrons. The number of para-hydroxylation sites is 1. The lowest BCUT2D eigenvalue weighted by atomic mass is 10.2. The topological polar surface area (TPSA) is 56.8 Å². The number of aliphatic imine (C=N–C) groups is 1. The number of benzene rings is 2. The molecule has 0 aliphatic heterocycles. The average molecular weight is 330 g/mol. The Bertz CT molecular complexity index is 659. The van der Waals surface area contributed by atoms with Crippen LogP contribution in [0, 0.1) is 6.92 Å². The second-order valence-corrected chi connectivity index (χ2v) is 6.09. The Hall–Kier alpha value is -2.14. The van der Waals surface area contributed by atoms with Crippen molar-refractivity contribution in [3.05, 3.63) is 59.7 Å². The number of hydrogen-bond acceptors (Lipinski definition) is 4. The molecular formula is C18H22N2O2S. The van der Waals surface area contributed by atoms with Gasteiger partial charge >= 0.3 is 0 Å². The van der Waals surface area contributed by atoms with E-state index in [1.807, 2.05) is 55.5 Å². The number of amidine groups is 1. The molecule has 0 aliphatic carbocycles. The van der Waals surface area contributed by atoms with Gasteiger partial charge in [0.1, 0.15) is 11.5 Å². The summed E-state index contributed by atoms with van der Waals surface area (Å²) in [5.41, 5.74) is 8.14. The maximum absolute atomic E-state index is 5.93. The Morgan fingerprint density at radius 1 is 1.17 bits per heavy atom. The molecule has 4 nitrogen and oxygen atoms in total. The number of aryl methyl sites for hydroxylation is 1. The van der Waals surface area contributed by atoms with Crippen molar-refractivity contribution in [3.8, 4) is 11.5 Å². The summed E-state index contributed by atoms with van der Waals surface area (Å²) < 4.78 is 11.0. The van der Waals surface area contributed by atoms with Crippen molar-refractivity contribution in [2.45, 2.75) is 13.5 Å². The number of methoxy groups -OCH3 is 1. The van der Waals surface area contributed by atoms with Crippen LogP contribution in [0.3, 0.4) is 0 Å². The van der Waals surface area contributed by atoms with E-state index in [4.69, 9.17) is 15.2 Å². The summed E-state index contributed by atoms with van der Waals surface area (Å²) in [7, 11) is 1.66. The first-order valence-electron chi connectivity index (χ1n) is 7.43. The monoisotopic (exact) mass is 330 g/mol. The van der Waals surface area contributed by atoms with Crippen molar-refractivity contribution in [2.75, 3.05) is 19.5 Å². The highest BCUT2D eigenvalue weighted by Crippen LogP contribution is 2.18. The van der Waals surface area contributed by atoms with Gasteiger partial charge in [0.05, 0.1) is 20.3 Å². The Balaban J connectivity index is 1.75. The highest BCUT2D eigenvalue weighted by atomic mass is 32.2. The molecular weight excluding hydrogens is 308 g/mol. The lowest BCUT2D eigenvalue weighted by Gasteiger charge is -2.07. The largest absolute Gasteiger partial charge is 0.496 e. The summed E-state index contributed by atoms with van der Waals surface area (Å²) in [6.45, 7) is 3.16. The first kappa shape index (κ1) is 17.2. The third-order valence-corrected chi connectivity index (χ3v) is 3.98. The molecule has 2 N–H and O–H groups in total. The molecule has 23 heavy (non-hydrogen) atoms. The Morgan fingerprint density at radius 3 is 2.78 bits per heavy atom. The fourth-order valence-electron chi connectivity index (χ4n) is 2.05. The molecule has 0 amide bonds. The smallest absolute Gasteiger partial charge is 0.154 e. The van der Waals surface area contributed by atoms with Gasteiger partial charge in [0.2, 0.25) is 0 Å². The normalized spacial score (nSPS) is 11.3. The molecule has 2 aromatic rings. The van der Waals surface area contributed by atoms with Gasteiger partial charge in [0.25, 0.3) is 0 Å². The van der Waals surface area contributed by atoms with Crippen LogP contribution in [0.5, 0.6) is 11.5 Å². The van der Waals surface area contributed by atoms with E-state index in [2.05, 4.69) is 4.99 Å². The van der Waals surface area contributed by atoms with Gasteiger partial charge in [-0.15, -0.1) is 0 Å². The lowest BCUT2D eigenvalue weighted by Crippen LogP contribution is -2.11. The molecule has 0 heterocycles. The van der Waals surface area contributed by atoms with E-state index in [0.717, 1.165) is 22.8 Å². The lowest BCUT2D eigenvalue weighted by molar-refractivity contribution is 0.344. The first-order chi connectivity index (χ1) is 11.2. The number of nitrogens with two attached hydrogens (primary N) is 1. The van der Waals surface area contributed by atoms with E-state index in [9.17, 15) is 0 Å². The zero-order valence-corrected chi connectivity index (χ0v) is 14.3. The third-order valence-electron chi connectivity index (χ3n) is 3.19. The molecule has 0 spiro atoms. The van der Waals surface area contributed by atoms with Gasteiger partial charge in [-0.2, -0.15) is 0 Å². The van der Waals surface area contributed by atoms with E-state index in [1.165, 1.54) is 17.3 Å². The van der Waals surface area contributed by atoms with Crippen molar-refractivity contribution in [1.29, 1.82) is 0 Å². The second kappa shape index (κ2) is 9.10. The predicted molar refractivity (Wildman–Crippen MR) is 97.5 cm³/mol. The number of ether oxygens (including phenoxy) is 2.